The molecule has 1 unspecified atom stereocenters. The Labute approximate surface area is 148 Å². The average Bonchev–Trinajstić information content (AvgIpc) is 3.09. The molecule has 0 saturated carbocycles. The molecule has 130 valence electrons. The minimum absolute atomic E-state index is 0.00755. The summed E-state index contributed by atoms with van der Waals surface area (Å²) >= 11 is 0. The predicted molar refractivity (Wildman–Crippen MR) is 96.6 cm³/mol. The van der Waals surface area contributed by atoms with Gasteiger partial charge in [0.15, 0.2) is 0 Å². The molecule has 0 amide bonds. The molecule has 0 radical (unpaired) electrons. The van der Waals surface area contributed by atoms with E-state index in [9.17, 15) is 9.59 Å². The summed E-state index contributed by atoms with van der Waals surface area (Å²) in [7, 11) is 0. The van der Waals surface area contributed by atoms with Crippen LogP contribution in [0.2, 0.25) is 0 Å². The summed E-state index contributed by atoms with van der Waals surface area (Å²) in [6.45, 7) is 1.62. The first-order valence-corrected chi connectivity index (χ1v) is 8.19. The van der Waals surface area contributed by atoms with E-state index in [1.54, 1.807) is 25.1 Å². The molecule has 2 aromatic carbocycles. The minimum Gasteiger partial charge on any atom is -0.456 e. The van der Waals surface area contributed by atoms with Gasteiger partial charge < -0.3 is 9.72 Å². The molecular formula is C19H16N4O3. The van der Waals surface area contributed by atoms with Crippen molar-refractivity contribution in [1.29, 1.82) is 0 Å². The smallest absolute Gasteiger partial charge is 0.329 e. The van der Waals surface area contributed by atoms with E-state index in [0.717, 1.165) is 11.0 Å². The van der Waals surface area contributed by atoms with Crippen LogP contribution < -0.4 is 5.56 Å². The highest BCUT2D eigenvalue weighted by Crippen LogP contribution is 2.13. The van der Waals surface area contributed by atoms with Crippen molar-refractivity contribution in [1.82, 2.24) is 19.5 Å². The summed E-state index contributed by atoms with van der Waals surface area (Å²) in [5.74, 6) is 0.0281. The van der Waals surface area contributed by atoms with Crippen LogP contribution in [0.4, 0.5) is 0 Å². The third-order valence-corrected chi connectivity index (χ3v) is 4.24. The fourth-order valence-electron chi connectivity index (χ4n) is 2.81. The van der Waals surface area contributed by atoms with Crippen molar-refractivity contribution in [3.63, 3.8) is 0 Å². The number of aromatic amines is 1. The summed E-state index contributed by atoms with van der Waals surface area (Å²) in [6.07, 6.45) is 1.37. The number of H-pyrrole nitrogens is 1. The number of imidazole rings is 1. The molecular weight excluding hydrogens is 332 g/mol. The topological polar surface area (TPSA) is 89.9 Å². The van der Waals surface area contributed by atoms with Gasteiger partial charge in [0, 0.05) is 0 Å². The van der Waals surface area contributed by atoms with Gasteiger partial charge in [0.25, 0.3) is 5.56 Å². The number of para-hydroxylation sites is 3. The third-order valence-electron chi connectivity index (χ3n) is 4.24. The van der Waals surface area contributed by atoms with Gasteiger partial charge in [-0.1, -0.05) is 24.3 Å². The highest BCUT2D eigenvalue weighted by atomic mass is 16.5. The number of fused-ring (bicyclic) bond motifs is 2. The molecule has 4 rings (SSSR count). The lowest BCUT2D eigenvalue weighted by atomic mass is 10.2. The number of rotatable bonds is 4. The molecule has 0 aliphatic rings. The van der Waals surface area contributed by atoms with Crippen LogP contribution >= 0.6 is 0 Å². The Hall–Kier alpha value is -3.48. The van der Waals surface area contributed by atoms with Crippen molar-refractivity contribution < 1.29 is 9.53 Å². The molecule has 0 bridgehead atoms. The first kappa shape index (κ1) is 16.0. The first-order chi connectivity index (χ1) is 12.6. The Morgan fingerprint density at radius 2 is 1.88 bits per heavy atom. The van der Waals surface area contributed by atoms with Gasteiger partial charge in [-0.15, -0.1) is 0 Å². The molecule has 0 aliphatic heterocycles. The fraction of sp³-hybridized carbons (Fsp3) is 0.158. The molecule has 1 atom stereocenters. The molecule has 7 heteroatoms. The van der Waals surface area contributed by atoms with Crippen molar-refractivity contribution in [2.75, 3.05) is 0 Å². The number of hydrogen-bond donors (Lipinski definition) is 1. The molecule has 0 spiro atoms. The Bertz CT molecular complexity index is 1130. The number of aromatic nitrogens is 4. The lowest BCUT2D eigenvalue weighted by Crippen LogP contribution is -2.29. The number of hydrogen-bond acceptors (Lipinski definition) is 5. The number of nitrogens with one attached hydrogen (secondary N) is 1. The number of benzene rings is 2. The van der Waals surface area contributed by atoms with E-state index < -0.39 is 12.0 Å². The van der Waals surface area contributed by atoms with Gasteiger partial charge in [0.2, 0.25) is 0 Å². The molecule has 4 aromatic rings. The van der Waals surface area contributed by atoms with Crippen LogP contribution in [0.15, 0.2) is 59.7 Å². The van der Waals surface area contributed by atoms with Crippen LogP contribution in [0.1, 0.15) is 18.8 Å². The lowest BCUT2D eigenvalue weighted by Gasteiger charge is -2.14. The van der Waals surface area contributed by atoms with E-state index in [4.69, 9.17) is 4.74 Å². The van der Waals surface area contributed by atoms with Crippen LogP contribution in [-0.2, 0) is 16.1 Å². The average molecular weight is 348 g/mol. The van der Waals surface area contributed by atoms with E-state index >= 15 is 0 Å². The number of esters is 1. The number of nitrogens with zero attached hydrogens (tertiary/aromatic N) is 3. The van der Waals surface area contributed by atoms with E-state index in [-0.39, 0.29) is 12.2 Å². The Morgan fingerprint density at radius 1 is 1.15 bits per heavy atom. The Balaban J connectivity index is 1.52. The normalized spacial score (nSPS) is 12.3. The number of ether oxygens (including phenoxy) is 1. The van der Waals surface area contributed by atoms with Gasteiger partial charge in [-0.3, -0.25) is 9.36 Å². The summed E-state index contributed by atoms with van der Waals surface area (Å²) in [4.78, 5) is 36.6. The summed E-state index contributed by atoms with van der Waals surface area (Å²) in [6, 6.07) is 13.8. The van der Waals surface area contributed by atoms with Crippen LogP contribution in [0.5, 0.6) is 0 Å². The van der Waals surface area contributed by atoms with Crippen molar-refractivity contribution in [2.24, 2.45) is 0 Å². The predicted octanol–water partition coefficient (Wildman–Crippen LogP) is 2.58. The van der Waals surface area contributed by atoms with Gasteiger partial charge in [-0.05, 0) is 31.2 Å². The van der Waals surface area contributed by atoms with Crippen molar-refractivity contribution in [2.45, 2.75) is 19.6 Å². The highest BCUT2D eigenvalue weighted by Gasteiger charge is 2.19. The molecule has 26 heavy (non-hydrogen) atoms. The molecule has 2 heterocycles. The van der Waals surface area contributed by atoms with Crippen LogP contribution in [0.3, 0.4) is 0 Å². The van der Waals surface area contributed by atoms with Gasteiger partial charge in [0.1, 0.15) is 18.5 Å². The second-order valence-electron chi connectivity index (χ2n) is 5.96. The zero-order chi connectivity index (χ0) is 18.1. The maximum atomic E-state index is 12.6. The zero-order valence-electron chi connectivity index (χ0n) is 14.0. The van der Waals surface area contributed by atoms with Crippen molar-refractivity contribution in [3.05, 3.63) is 71.0 Å². The lowest BCUT2D eigenvalue weighted by molar-refractivity contribution is -0.148. The molecule has 1 N–H and O–H groups in total. The largest absolute Gasteiger partial charge is 0.456 e. The van der Waals surface area contributed by atoms with Crippen molar-refractivity contribution >= 4 is 27.9 Å². The van der Waals surface area contributed by atoms with Crippen LogP contribution in [0, 0.1) is 0 Å². The number of carbonyl (C=O) groups excluding carboxylic acids is 1. The second-order valence-corrected chi connectivity index (χ2v) is 5.96. The van der Waals surface area contributed by atoms with Gasteiger partial charge in [-0.2, -0.15) is 0 Å². The quantitative estimate of drug-likeness (QED) is 0.573. The second kappa shape index (κ2) is 6.44. The monoisotopic (exact) mass is 348 g/mol. The molecule has 0 fully saturated rings. The molecule has 2 aromatic heterocycles. The molecule has 7 nitrogen and oxygen atoms in total. The van der Waals surface area contributed by atoms with Gasteiger partial charge in [0.05, 0.1) is 28.3 Å². The van der Waals surface area contributed by atoms with E-state index in [1.165, 1.54) is 10.9 Å². The number of carbonyl (C=O) groups is 1. The Morgan fingerprint density at radius 3 is 2.69 bits per heavy atom. The summed E-state index contributed by atoms with van der Waals surface area (Å²) < 4.78 is 6.60. The maximum Gasteiger partial charge on any atom is 0.329 e. The van der Waals surface area contributed by atoms with Crippen LogP contribution in [-0.4, -0.2) is 25.5 Å². The minimum atomic E-state index is -0.788. The maximum absolute atomic E-state index is 12.6. The van der Waals surface area contributed by atoms with Crippen molar-refractivity contribution in [3.8, 4) is 0 Å². The molecule has 0 aliphatic carbocycles. The van der Waals surface area contributed by atoms with E-state index in [2.05, 4.69) is 15.0 Å². The summed E-state index contributed by atoms with van der Waals surface area (Å²) in [5, 5.41) is 0.465. The zero-order valence-corrected chi connectivity index (χ0v) is 14.0. The van der Waals surface area contributed by atoms with Gasteiger partial charge in [-0.25, -0.2) is 14.8 Å². The first-order valence-electron chi connectivity index (χ1n) is 8.19. The SMILES string of the molecule is CC(C(=O)OCc1nc2ccccc2[nH]1)n1cnc2ccccc2c1=O. The van der Waals surface area contributed by atoms with E-state index in [1.807, 2.05) is 30.3 Å². The summed E-state index contributed by atoms with van der Waals surface area (Å²) in [5.41, 5.74) is 2.00. The standard InChI is InChI=1S/C19H16N4O3/c1-12(23-11-20-14-7-3-2-6-13(14)18(23)24)19(25)26-10-17-21-15-8-4-5-9-16(15)22-17/h2-9,11-12H,10H2,1H3,(H,21,22). The van der Waals surface area contributed by atoms with Crippen LogP contribution in [0.25, 0.3) is 21.9 Å². The molecule has 0 saturated heterocycles. The van der Waals surface area contributed by atoms with E-state index in [0.29, 0.717) is 16.7 Å². The third kappa shape index (κ3) is 2.83. The highest BCUT2D eigenvalue weighted by molar-refractivity contribution is 5.78. The van der Waals surface area contributed by atoms with Gasteiger partial charge >= 0.3 is 5.97 Å². The Kier molecular flexibility index (Phi) is 3.96. The fourth-order valence-corrected chi connectivity index (χ4v) is 2.81.